The average Bonchev–Trinajstić information content (AvgIpc) is 2.42. The summed E-state index contributed by atoms with van der Waals surface area (Å²) in [5.74, 6) is -0.963. The zero-order valence-electron chi connectivity index (χ0n) is 10.0. The largest absolute Gasteiger partial charge is 0.504 e. The molecular weight excluding hydrogens is 248 g/mol. The van der Waals surface area contributed by atoms with Gasteiger partial charge in [-0.3, -0.25) is 4.79 Å². The first-order valence-electron chi connectivity index (χ1n) is 5.58. The van der Waals surface area contributed by atoms with Crippen molar-refractivity contribution in [2.45, 2.75) is 0 Å². The fourth-order valence-corrected chi connectivity index (χ4v) is 2.06. The van der Waals surface area contributed by atoms with Gasteiger partial charge >= 0.3 is 0 Å². The minimum Gasteiger partial charge on any atom is -0.504 e. The number of phenols is 2. The van der Waals surface area contributed by atoms with Crippen LogP contribution in [0.15, 0.2) is 39.5 Å². The highest BCUT2D eigenvalue weighted by Crippen LogP contribution is 2.40. The monoisotopic (exact) mass is 258 g/mol. The van der Waals surface area contributed by atoms with Crippen molar-refractivity contribution in [2.24, 2.45) is 0 Å². The second-order valence-electron chi connectivity index (χ2n) is 4.08. The first-order valence-corrected chi connectivity index (χ1v) is 5.58. The standard InChI is InChI=1S/C14H10O5/c1-18-10-6-9-11(14(17)13(10)16)12(15)7-4-2-3-5-8(7)19-9/h2-6,16-17H,1H3. The van der Waals surface area contributed by atoms with Crippen LogP contribution in [0.1, 0.15) is 0 Å². The third-order valence-electron chi connectivity index (χ3n) is 3.00. The molecule has 0 aliphatic carbocycles. The lowest BCUT2D eigenvalue weighted by atomic mass is 10.1. The number of phenolic OH excluding ortho intramolecular Hbond substituents is 2. The molecule has 1 heterocycles. The molecule has 0 atom stereocenters. The minimum atomic E-state index is -0.533. The quantitative estimate of drug-likeness (QED) is 0.517. The summed E-state index contributed by atoms with van der Waals surface area (Å²) < 4.78 is 10.5. The third kappa shape index (κ3) is 1.52. The van der Waals surface area contributed by atoms with E-state index < -0.39 is 16.9 Å². The second-order valence-corrected chi connectivity index (χ2v) is 4.08. The van der Waals surface area contributed by atoms with E-state index in [4.69, 9.17) is 9.15 Å². The fourth-order valence-electron chi connectivity index (χ4n) is 2.06. The smallest absolute Gasteiger partial charge is 0.204 e. The lowest BCUT2D eigenvalue weighted by molar-refractivity contribution is 0.352. The maximum atomic E-state index is 12.3. The highest BCUT2D eigenvalue weighted by atomic mass is 16.5. The molecule has 3 aromatic rings. The SMILES string of the molecule is COc1cc2oc3ccccc3c(=O)c2c(O)c1O. The van der Waals surface area contributed by atoms with Gasteiger partial charge in [0.05, 0.1) is 12.5 Å². The first-order chi connectivity index (χ1) is 9.13. The van der Waals surface area contributed by atoms with E-state index in [1.54, 1.807) is 24.3 Å². The zero-order valence-corrected chi connectivity index (χ0v) is 10.0. The molecule has 3 rings (SSSR count). The van der Waals surface area contributed by atoms with E-state index in [0.717, 1.165) is 0 Å². The molecule has 96 valence electrons. The van der Waals surface area contributed by atoms with Crippen molar-refractivity contribution in [3.8, 4) is 17.2 Å². The van der Waals surface area contributed by atoms with Gasteiger partial charge in [0.1, 0.15) is 16.6 Å². The zero-order chi connectivity index (χ0) is 13.6. The number of fused-ring (bicyclic) bond motifs is 2. The fraction of sp³-hybridized carbons (Fsp3) is 0.0714. The lowest BCUT2D eigenvalue weighted by Crippen LogP contribution is -2.02. The van der Waals surface area contributed by atoms with E-state index >= 15 is 0 Å². The summed E-state index contributed by atoms with van der Waals surface area (Å²) in [6, 6.07) is 8.08. The minimum absolute atomic E-state index is 0.0448. The number of para-hydroxylation sites is 1. The van der Waals surface area contributed by atoms with Crippen molar-refractivity contribution < 1.29 is 19.4 Å². The van der Waals surface area contributed by atoms with Gasteiger partial charge in [-0.25, -0.2) is 0 Å². The molecule has 0 radical (unpaired) electrons. The summed E-state index contributed by atoms with van der Waals surface area (Å²) in [5, 5.41) is 19.9. The number of benzene rings is 2. The Morgan fingerprint density at radius 3 is 2.58 bits per heavy atom. The van der Waals surface area contributed by atoms with Gasteiger partial charge in [0.2, 0.25) is 11.2 Å². The van der Waals surface area contributed by atoms with Crippen molar-refractivity contribution in [3.63, 3.8) is 0 Å². The van der Waals surface area contributed by atoms with Gasteiger partial charge in [-0.15, -0.1) is 0 Å². The first kappa shape index (κ1) is 11.4. The Morgan fingerprint density at radius 2 is 1.84 bits per heavy atom. The molecule has 0 aliphatic rings. The predicted molar refractivity (Wildman–Crippen MR) is 69.9 cm³/mol. The maximum absolute atomic E-state index is 12.3. The highest BCUT2D eigenvalue weighted by Gasteiger charge is 2.18. The predicted octanol–water partition coefficient (Wildman–Crippen LogP) is 2.37. The van der Waals surface area contributed by atoms with Crippen LogP contribution in [0.25, 0.3) is 21.9 Å². The van der Waals surface area contributed by atoms with Crippen LogP contribution in [0.4, 0.5) is 0 Å². The van der Waals surface area contributed by atoms with Crippen LogP contribution in [-0.4, -0.2) is 17.3 Å². The van der Waals surface area contributed by atoms with Gasteiger partial charge in [-0.05, 0) is 12.1 Å². The summed E-state index contributed by atoms with van der Waals surface area (Å²) in [6.45, 7) is 0. The number of hydrogen-bond donors (Lipinski definition) is 2. The van der Waals surface area contributed by atoms with Gasteiger partial charge in [0.15, 0.2) is 11.5 Å². The van der Waals surface area contributed by atoms with Gasteiger partial charge in [-0.2, -0.15) is 0 Å². The van der Waals surface area contributed by atoms with Gasteiger partial charge in [0, 0.05) is 6.07 Å². The van der Waals surface area contributed by atoms with Crippen LogP contribution in [0, 0.1) is 0 Å². The van der Waals surface area contributed by atoms with Crippen LogP contribution < -0.4 is 10.2 Å². The molecule has 5 nitrogen and oxygen atoms in total. The summed E-state index contributed by atoms with van der Waals surface area (Å²) in [6.07, 6.45) is 0. The molecule has 19 heavy (non-hydrogen) atoms. The number of ether oxygens (including phenoxy) is 1. The Balaban J connectivity index is 2.59. The molecule has 0 amide bonds. The normalized spacial score (nSPS) is 11.0. The number of aromatic hydroxyl groups is 2. The van der Waals surface area contributed by atoms with Crippen LogP contribution in [-0.2, 0) is 0 Å². The Kier molecular flexibility index (Phi) is 2.35. The van der Waals surface area contributed by atoms with Crippen molar-refractivity contribution in [3.05, 3.63) is 40.6 Å². The molecular formula is C14H10O5. The number of rotatable bonds is 1. The Hall–Kier alpha value is -2.69. The molecule has 0 bridgehead atoms. The molecule has 0 saturated heterocycles. The average molecular weight is 258 g/mol. The second kappa shape index (κ2) is 3.91. The van der Waals surface area contributed by atoms with Crippen LogP contribution in [0.2, 0.25) is 0 Å². The van der Waals surface area contributed by atoms with Crippen LogP contribution in [0.5, 0.6) is 17.2 Å². The van der Waals surface area contributed by atoms with Gasteiger partial charge in [0.25, 0.3) is 0 Å². The van der Waals surface area contributed by atoms with Crippen molar-refractivity contribution in [1.82, 2.24) is 0 Å². The topological polar surface area (TPSA) is 79.9 Å². The summed E-state index contributed by atoms with van der Waals surface area (Å²) in [7, 11) is 1.35. The van der Waals surface area contributed by atoms with E-state index in [1.807, 2.05) is 0 Å². The molecule has 0 aliphatic heterocycles. The molecule has 2 aromatic carbocycles. The molecule has 0 unspecified atom stereocenters. The van der Waals surface area contributed by atoms with Crippen LogP contribution >= 0.6 is 0 Å². The summed E-state index contributed by atoms with van der Waals surface area (Å²) in [4.78, 5) is 12.3. The highest BCUT2D eigenvalue weighted by molar-refractivity contribution is 5.95. The lowest BCUT2D eigenvalue weighted by Gasteiger charge is -2.08. The van der Waals surface area contributed by atoms with Gasteiger partial charge in [-0.1, -0.05) is 12.1 Å². The summed E-state index contributed by atoms with van der Waals surface area (Å²) >= 11 is 0. The molecule has 0 saturated carbocycles. The number of hydrogen-bond acceptors (Lipinski definition) is 5. The van der Waals surface area contributed by atoms with Crippen LogP contribution in [0.3, 0.4) is 0 Å². The third-order valence-corrected chi connectivity index (χ3v) is 3.00. The molecule has 5 heteroatoms. The molecule has 0 fully saturated rings. The molecule has 1 aromatic heterocycles. The summed E-state index contributed by atoms with van der Waals surface area (Å²) in [5.41, 5.74) is 0.176. The van der Waals surface area contributed by atoms with E-state index in [2.05, 4.69) is 0 Å². The molecule has 2 N–H and O–H groups in total. The Bertz CT molecular complexity index is 848. The Labute approximate surface area is 107 Å². The number of methoxy groups -OCH3 is 1. The molecule has 0 spiro atoms. The van der Waals surface area contributed by atoms with E-state index in [0.29, 0.717) is 11.0 Å². The van der Waals surface area contributed by atoms with Crippen molar-refractivity contribution >= 4 is 21.9 Å². The van der Waals surface area contributed by atoms with Crippen molar-refractivity contribution in [1.29, 1.82) is 0 Å². The van der Waals surface area contributed by atoms with E-state index in [9.17, 15) is 15.0 Å². The Morgan fingerprint density at radius 1 is 1.11 bits per heavy atom. The van der Waals surface area contributed by atoms with Gasteiger partial charge < -0.3 is 19.4 Å². The van der Waals surface area contributed by atoms with Crippen molar-refractivity contribution in [2.75, 3.05) is 7.11 Å². The maximum Gasteiger partial charge on any atom is 0.204 e. The van der Waals surface area contributed by atoms with E-state index in [-0.39, 0.29) is 16.7 Å². The van der Waals surface area contributed by atoms with E-state index in [1.165, 1.54) is 13.2 Å².